The Bertz CT molecular complexity index is 1120. The third-order valence-electron chi connectivity index (χ3n) is 4.05. The summed E-state index contributed by atoms with van der Waals surface area (Å²) >= 11 is 18.0. The first kappa shape index (κ1) is 21.7. The molecule has 3 aromatic rings. The Balaban J connectivity index is 1.74. The monoisotopic (exact) mass is 456 g/mol. The maximum absolute atomic E-state index is 12.5. The SMILES string of the molecule is N#C/C(=C\c1cccc(OCc2ccc(Cl)cc2)c1)C(=O)Nc1c(Cl)cccc1Cl. The van der Waals surface area contributed by atoms with Crippen molar-refractivity contribution >= 4 is 52.5 Å². The Morgan fingerprint density at radius 3 is 2.33 bits per heavy atom. The molecule has 0 heterocycles. The number of carbonyl (C=O) groups is 1. The van der Waals surface area contributed by atoms with Crippen LogP contribution in [0.25, 0.3) is 6.08 Å². The highest BCUT2D eigenvalue weighted by molar-refractivity contribution is 6.40. The molecular formula is C23H15Cl3N2O2. The maximum atomic E-state index is 12.5. The summed E-state index contributed by atoms with van der Waals surface area (Å²) in [7, 11) is 0. The van der Waals surface area contributed by atoms with Crippen LogP contribution in [0.1, 0.15) is 11.1 Å². The molecule has 0 bridgehead atoms. The average molecular weight is 458 g/mol. The van der Waals surface area contributed by atoms with E-state index in [0.717, 1.165) is 5.56 Å². The largest absolute Gasteiger partial charge is 0.489 e. The molecule has 150 valence electrons. The van der Waals surface area contributed by atoms with Crippen molar-refractivity contribution in [2.45, 2.75) is 6.61 Å². The number of hydrogen-bond acceptors (Lipinski definition) is 3. The van der Waals surface area contributed by atoms with Crippen molar-refractivity contribution in [3.05, 3.63) is 98.5 Å². The number of rotatable bonds is 6. The molecule has 0 atom stereocenters. The summed E-state index contributed by atoms with van der Waals surface area (Å²) in [5.74, 6) is -0.00877. The standard InChI is InChI=1S/C23H15Cl3N2O2/c24-18-9-7-15(8-10-18)14-30-19-4-1-3-16(12-19)11-17(13-27)23(29)28-22-20(25)5-2-6-21(22)26/h1-12H,14H2,(H,28,29)/b17-11+. The van der Waals surface area contributed by atoms with Crippen LogP contribution in [0.2, 0.25) is 15.1 Å². The third kappa shape index (κ3) is 5.77. The lowest BCUT2D eigenvalue weighted by Gasteiger charge is -2.09. The Kier molecular flexibility index (Phi) is 7.37. The number of ether oxygens (including phenoxy) is 1. The number of carbonyl (C=O) groups excluding carboxylic acids is 1. The molecule has 0 aliphatic heterocycles. The number of halogens is 3. The number of nitrogens with zero attached hydrogens (tertiary/aromatic N) is 1. The van der Waals surface area contributed by atoms with E-state index in [-0.39, 0.29) is 21.3 Å². The molecule has 1 N–H and O–H groups in total. The topological polar surface area (TPSA) is 62.1 Å². The molecule has 0 radical (unpaired) electrons. The molecule has 0 unspecified atom stereocenters. The minimum Gasteiger partial charge on any atom is -0.489 e. The van der Waals surface area contributed by atoms with Crippen LogP contribution in [-0.2, 0) is 11.4 Å². The van der Waals surface area contributed by atoms with Crippen LogP contribution in [0.4, 0.5) is 5.69 Å². The molecule has 0 aliphatic rings. The van der Waals surface area contributed by atoms with Crippen molar-refractivity contribution in [2.24, 2.45) is 0 Å². The first-order chi connectivity index (χ1) is 14.5. The van der Waals surface area contributed by atoms with Crippen LogP contribution in [0, 0.1) is 11.3 Å². The van der Waals surface area contributed by atoms with Crippen molar-refractivity contribution in [2.75, 3.05) is 5.32 Å². The highest BCUT2D eigenvalue weighted by Crippen LogP contribution is 2.30. The lowest BCUT2D eigenvalue weighted by atomic mass is 10.1. The summed E-state index contributed by atoms with van der Waals surface area (Å²) in [6, 6.07) is 21.2. The molecule has 0 saturated carbocycles. The molecule has 0 fully saturated rings. The minimum atomic E-state index is -0.611. The second kappa shape index (κ2) is 10.2. The second-order valence-electron chi connectivity index (χ2n) is 6.21. The fourth-order valence-electron chi connectivity index (χ4n) is 2.55. The van der Waals surface area contributed by atoms with Gasteiger partial charge >= 0.3 is 0 Å². The van der Waals surface area contributed by atoms with Crippen molar-refractivity contribution in [3.63, 3.8) is 0 Å². The molecule has 3 aromatic carbocycles. The second-order valence-corrected chi connectivity index (χ2v) is 7.46. The lowest BCUT2D eigenvalue weighted by molar-refractivity contribution is -0.112. The minimum absolute atomic E-state index is 0.0964. The van der Waals surface area contributed by atoms with Gasteiger partial charge in [-0.25, -0.2) is 0 Å². The van der Waals surface area contributed by atoms with Gasteiger partial charge in [0.05, 0.1) is 15.7 Å². The molecule has 0 aliphatic carbocycles. The Morgan fingerprint density at radius 1 is 1.00 bits per heavy atom. The van der Waals surface area contributed by atoms with E-state index < -0.39 is 5.91 Å². The molecular weight excluding hydrogens is 443 g/mol. The Labute approximate surface area is 189 Å². The van der Waals surface area contributed by atoms with Crippen molar-refractivity contribution in [3.8, 4) is 11.8 Å². The van der Waals surface area contributed by atoms with E-state index in [0.29, 0.717) is 22.9 Å². The van der Waals surface area contributed by atoms with Gasteiger partial charge in [-0.15, -0.1) is 0 Å². The first-order valence-corrected chi connectivity index (χ1v) is 9.94. The molecule has 30 heavy (non-hydrogen) atoms. The van der Waals surface area contributed by atoms with E-state index in [1.807, 2.05) is 18.2 Å². The molecule has 0 spiro atoms. The van der Waals surface area contributed by atoms with Crippen LogP contribution in [0.15, 0.2) is 72.3 Å². The molecule has 0 saturated heterocycles. The van der Waals surface area contributed by atoms with Crippen molar-refractivity contribution < 1.29 is 9.53 Å². The van der Waals surface area contributed by atoms with E-state index in [4.69, 9.17) is 39.5 Å². The maximum Gasteiger partial charge on any atom is 0.266 e. The van der Waals surface area contributed by atoms with Gasteiger partial charge in [0.25, 0.3) is 5.91 Å². The average Bonchev–Trinajstić information content (AvgIpc) is 2.74. The van der Waals surface area contributed by atoms with E-state index in [9.17, 15) is 10.1 Å². The van der Waals surface area contributed by atoms with Gasteiger partial charge in [-0.05, 0) is 53.6 Å². The fourth-order valence-corrected chi connectivity index (χ4v) is 3.17. The number of hydrogen-bond donors (Lipinski definition) is 1. The van der Waals surface area contributed by atoms with Gasteiger partial charge in [-0.2, -0.15) is 5.26 Å². The number of para-hydroxylation sites is 1. The quantitative estimate of drug-likeness (QED) is 0.328. The van der Waals surface area contributed by atoms with Crippen LogP contribution < -0.4 is 10.1 Å². The van der Waals surface area contributed by atoms with Gasteiger partial charge in [0.15, 0.2) is 0 Å². The zero-order valence-corrected chi connectivity index (χ0v) is 17.8. The molecule has 3 rings (SSSR count). The number of nitriles is 1. The highest BCUT2D eigenvalue weighted by atomic mass is 35.5. The van der Waals surface area contributed by atoms with E-state index in [1.54, 1.807) is 54.6 Å². The summed E-state index contributed by atoms with van der Waals surface area (Å²) in [6.45, 7) is 0.362. The van der Waals surface area contributed by atoms with Gasteiger partial charge < -0.3 is 10.1 Å². The smallest absolute Gasteiger partial charge is 0.266 e. The van der Waals surface area contributed by atoms with Gasteiger partial charge in [-0.1, -0.05) is 65.1 Å². The predicted octanol–water partition coefficient (Wildman–Crippen LogP) is 6.77. The number of benzene rings is 3. The zero-order valence-electron chi connectivity index (χ0n) is 15.5. The highest BCUT2D eigenvalue weighted by Gasteiger charge is 2.14. The lowest BCUT2D eigenvalue weighted by Crippen LogP contribution is -2.14. The summed E-state index contributed by atoms with van der Waals surface area (Å²) in [5, 5.41) is 13.2. The number of amides is 1. The number of anilines is 1. The summed E-state index contributed by atoms with van der Waals surface area (Å²) < 4.78 is 5.78. The van der Waals surface area contributed by atoms with Crippen LogP contribution >= 0.6 is 34.8 Å². The third-order valence-corrected chi connectivity index (χ3v) is 4.94. The zero-order chi connectivity index (χ0) is 21.5. The van der Waals surface area contributed by atoms with Crippen LogP contribution in [-0.4, -0.2) is 5.91 Å². The molecule has 7 heteroatoms. The van der Waals surface area contributed by atoms with Crippen LogP contribution in [0.3, 0.4) is 0 Å². The van der Waals surface area contributed by atoms with Crippen LogP contribution in [0.5, 0.6) is 5.75 Å². The van der Waals surface area contributed by atoms with Gasteiger partial charge in [0.2, 0.25) is 0 Å². The van der Waals surface area contributed by atoms with Crippen molar-refractivity contribution in [1.29, 1.82) is 5.26 Å². The number of nitrogens with one attached hydrogen (secondary N) is 1. The summed E-state index contributed by atoms with van der Waals surface area (Å²) in [5.41, 5.74) is 1.77. The predicted molar refractivity (Wildman–Crippen MR) is 121 cm³/mol. The van der Waals surface area contributed by atoms with Gasteiger partial charge in [-0.3, -0.25) is 4.79 Å². The normalized spacial score (nSPS) is 10.9. The molecule has 1 amide bonds. The van der Waals surface area contributed by atoms with Gasteiger partial charge in [0.1, 0.15) is 24.0 Å². The molecule has 0 aromatic heterocycles. The van der Waals surface area contributed by atoms with E-state index in [2.05, 4.69) is 5.32 Å². The van der Waals surface area contributed by atoms with Gasteiger partial charge in [0, 0.05) is 5.02 Å². The Hall–Kier alpha value is -2.97. The molecule has 4 nitrogen and oxygen atoms in total. The van der Waals surface area contributed by atoms with Crippen molar-refractivity contribution in [1.82, 2.24) is 0 Å². The summed E-state index contributed by atoms with van der Waals surface area (Å²) in [4.78, 5) is 12.5. The fraction of sp³-hybridized carbons (Fsp3) is 0.0435. The van der Waals surface area contributed by atoms with E-state index >= 15 is 0 Å². The Morgan fingerprint density at radius 2 is 1.67 bits per heavy atom. The van der Waals surface area contributed by atoms with E-state index in [1.165, 1.54) is 6.08 Å². The summed E-state index contributed by atoms with van der Waals surface area (Å²) in [6.07, 6.45) is 1.47. The first-order valence-electron chi connectivity index (χ1n) is 8.81.